The van der Waals surface area contributed by atoms with Gasteiger partial charge in [0.15, 0.2) is 11.6 Å². The number of amides is 1. The molecule has 1 N–H and O–H groups in total. The molecule has 0 fully saturated rings. The van der Waals surface area contributed by atoms with Crippen molar-refractivity contribution in [3.63, 3.8) is 0 Å². The summed E-state index contributed by atoms with van der Waals surface area (Å²) in [5, 5.41) is 2.87. The molecule has 156 valence electrons. The molecule has 1 aromatic heterocycles. The first-order chi connectivity index (χ1) is 14.6. The number of ether oxygens (including phenoxy) is 2. The maximum atomic E-state index is 13.7. The van der Waals surface area contributed by atoms with Crippen LogP contribution in [0.15, 0.2) is 66.9 Å². The van der Waals surface area contributed by atoms with Crippen LogP contribution in [0.5, 0.6) is 11.5 Å². The quantitative estimate of drug-likeness (QED) is 0.513. The van der Waals surface area contributed by atoms with Crippen LogP contribution in [0.2, 0.25) is 0 Å². The Morgan fingerprint density at radius 1 is 1.10 bits per heavy atom. The number of benzene rings is 2. The minimum atomic E-state index is -0.417. The fraction of sp³-hybridized carbons (Fsp3) is 0.250. The number of rotatable bonds is 9. The van der Waals surface area contributed by atoms with E-state index in [0.717, 1.165) is 17.7 Å². The molecule has 3 aromatic rings. The van der Waals surface area contributed by atoms with Gasteiger partial charge in [-0.2, -0.15) is 0 Å². The van der Waals surface area contributed by atoms with E-state index in [-0.39, 0.29) is 17.8 Å². The number of halogens is 1. The number of nitrogens with zero attached hydrogens (tertiary/aromatic N) is 1. The molecule has 0 aliphatic heterocycles. The number of hydrogen-bond donors (Lipinski definition) is 1. The summed E-state index contributed by atoms with van der Waals surface area (Å²) in [7, 11) is 0. The van der Waals surface area contributed by atoms with Gasteiger partial charge in [0.2, 0.25) is 0 Å². The molecule has 0 bridgehead atoms. The molecule has 0 aliphatic rings. The molecular weight excluding hydrogens is 383 g/mol. The second kappa shape index (κ2) is 10.5. The standard InChI is InChI=1S/C24H25FN2O3/c1-3-14-29-17(2)22-13-10-19(16-26-22)24(28)27-15-18-8-11-20(12-9-18)30-23-7-5-4-6-21(23)25/h4-13,16-17H,3,14-15H2,1-2H3,(H,27,28). The number of para-hydroxylation sites is 1. The summed E-state index contributed by atoms with van der Waals surface area (Å²) in [4.78, 5) is 16.7. The van der Waals surface area contributed by atoms with Gasteiger partial charge in [-0.25, -0.2) is 4.39 Å². The Kier molecular flexibility index (Phi) is 7.51. The van der Waals surface area contributed by atoms with Crippen molar-refractivity contribution in [2.24, 2.45) is 0 Å². The molecule has 0 saturated heterocycles. The van der Waals surface area contributed by atoms with E-state index >= 15 is 0 Å². The molecule has 5 nitrogen and oxygen atoms in total. The summed E-state index contributed by atoms with van der Waals surface area (Å²) in [6.45, 7) is 5.03. The van der Waals surface area contributed by atoms with E-state index in [9.17, 15) is 9.18 Å². The van der Waals surface area contributed by atoms with E-state index in [1.165, 1.54) is 6.07 Å². The topological polar surface area (TPSA) is 60.5 Å². The Morgan fingerprint density at radius 2 is 1.87 bits per heavy atom. The van der Waals surface area contributed by atoms with Crippen LogP contribution in [-0.4, -0.2) is 17.5 Å². The van der Waals surface area contributed by atoms with Gasteiger partial charge in [0.05, 0.1) is 17.4 Å². The largest absolute Gasteiger partial charge is 0.454 e. The first-order valence-corrected chi connectivity index (χ1v) is 9.94. The lowest BCUT2D eigenvalue weighted by Crippen LogP contribution is -2.23. The van der Waals surface area contributed by atoms with Crippen LogP contribution in [-0.2, 0) is 11.3 Å². The van der Waals surface area contributed by atoms with Gasteiger partial charge >= 0.3 is 0 Å². The van der Waals surface area contributed by atoms with E-state index in [2.05, 4.69) is 17.2 Å². The summed E-state index contributed by atoms with van der Waals surface area (Å²) in [6.07, 6.45) is 2.40. The lowest BCUT2D eigenvalue weighted by Gasteiger charge is -2.12. The number of nitrogens with one attached hydrogen (secondary N) is 1. The van der Waals surface area contributed by atoms with Crippen molar-refractivity contribution in [2.75, 3.05) is 6.61 Å². The van der Waals surface area contributed by atoms with Crippen LogP contribution >= 0.6 is 0 Å². The molecule has 2 aromatic carbocycles. The first-order valence-electron chi connectivity index (χ1n) is 9.94. The highest BCUT2D eigenvalue weighted by atomic mass is 19.1. The van der Waals surface area contributed by atoms with Crippen LogP contribution in [0.25, 0.3) is 0 Å². The Balaban J connectivity index is 1.52. The van der Waals surface area contributed by atoms with E-state index in [1.807, 2.05) is 25.1 Å². The molecule has 1 unspecified atom stereocenters. The second-order valence-electron chi connectivity index (χ2n) is 6.84. The predicted octanol–water partition coefficient (Wildman–Crippen LogP) is 5.43. The highest BCUT2D eigenvalue weighted by Gasteiger charge is 2.10. The molecule has 0 saturated carbocycles. The monoisotopic (exact) mass is 408 g/mol. The van der Waals surface area contributed by atoms with Crippen molar-refractivity contribution in [2.45, 2.75) is 32.9 Å². The fourth-order valence-corrected chi connectivity index (χ4v) is 2.77. The molecule has 1 amide bonds. The van der Waals surface area contributed by atoms with Crippen LogP contribution in [0.4, 0.5) is 4.39 Å². The Labute approximate surface area is 175 Å². The summed E-state index contributed by atoms with van der Waals surface area (Å²) in [5.74, 6) is 0.0703. The molecule has 0 radical (unpaired) electrons. The molecule has 30 heavy (non-hydrogen) atoms. The van der Waals surface area contributed by atoms with Gasteiger partial charge in [-0.15, -0.1) is 0 Å². The smallest absolute Gasteiger partial charge is 0.253 e. The second-order valence-corrected chi connectivity index (χ2v) is 6.84. The van der Waals surface area contributed by atoms with Crippen molar-refractivity contribution < 1.29 is 18.7 Å². The average molecular weight is 408 g/mol. The highest BCUT2D eigenvalue weighted by Crippen LogP contribution is 2.24. The SMILES string of the molecule is CCCOC(C)c1ccc(C(=O)NCc2ccc(Oc3ccccc3F)cc2)cn1. The third-order valence-corrected chi connectivity index (χ3v) is 4.48. The Morgan fingerprint density at radius 3 is 2.53 bits per heavy atom. The van der Waals surface area contributed by atoms with Crippen molar-refractivity contribution in [1.29, 1.82) is 0 Å². The van der Waals surface area contributed by atoms with Crippen LogP contribution in [0, 0.1) is 5.82 Å². The zero-order valence-electron chi connectivity index (χ0n) is 17.1. The van der Waals surface area contributed by atoms with Gasteiger partial charge in [0.25, 0.3) is 5.91 Å². The van der Waals surface area contributed by atoms with Gasteiger partial charge in [0.1, 0.15) is 5.75 Å². The summed E-state index contributed by atoms with van der Waals surface area (Å²) >= 11 is 0. The van der Waals surface area contributed by atoms with Gasteiger partial charge in [0, 0.05) is 19.3 Å². The van der Waals surface area contributed by atoms with Gasteiger partial charge in [-0.1, -0.05) is 31.2 Å². The molecule has 3 rings (SSSR count). The third-order valence-electron chi connectivity index (χ3n) is 4.48. The molecule has 1 heterocycles. The van der Waals surface area contributed by atoms with Crippen molar-refractivity contribution in [3.8, 4) is 11.5 Å². The fourth-order valence-electron chi connectivity index (χ4n) is 2.77. The number of aromatic nitrogens is 1. The lowest BCUT2D eigenvalue weighted by atomic mass is 10.2. The van der Waals surface area contributed by atoms with Crippen molar-refractivity contribution in [3.05, 3.63) is 89.5 Å². The van der Waals surface area contributed by atoms with Crippen molar-refractivity contribution in [1.82, 2.24) is 10.3 Å². The number of carbonyl (C=O) groups excluding carboxylic acids is 1. The third kappa shape index (κ3) is 5.87. The molecule has 0 spiro atoms. The number of pyridine rings is 1. The first kappa shape index (κ1) is 21.5. The number of carbonyl (C=O) groups is 1. The van der Waals surface area contributed by atoms with Crippen LogP contribution < -0.4 is 10.1 Å². The van der Waals surface area contributed by atoms with E-state index in [1.54, 1.807) is 42.6 Å². The molecule has 6 heteroatoms. The normalized spacial score (nSPS) is 11.7. The molecular formula is C24H25FN2O3. The minimum absolute atomic E-state index is 0.104. The highest BCUT2D eigenvalue weighted by molar-refractivity contribution is 5.93. The van der Waals surface area contributed by atoms with Crippen LogP contribution in [0.3, 0.4) is 0 Å². The summed E-state index contributed by atoms with van der Waals surface area (Å²) in [6, 6.07) is 16.9. The molecule has 0 aliphatic carbocycles. The number of hydrogen-bond acceptors (Lipinski definition) is 4. The Bertz CT molecular complexity index is 959. The van der Waals surface area contributed by atoms with E-state index in [0.29, 0.717) is 24.5 Å². The maximum Gasteiger partial charge on any atom is 0.253 e. The lowest BCUT2D eigenvalue weighted by molar-refractivity contribution is 0.0633. The Hall–Kier alpha value is -3.25. The van der Waals surface area contributed by atoms with E-state index in [4.69, 9.17) is 9.47 Å². The van der Waals surface area contributed by atoms with Gasteiger partial charge in [-0.3, -0.25) is 9.78 Å². The maximum absolute atomic E-state index is 13.7. The minimum Gasteiger partial charge on any atom is -0.454 e. The van der Waals surface area contributed by atoms with Crippen molar-refractivity contribution >= 4 is 5.91 Å². The average Bonchev–Trinajstić information content (AvgIpc) is 2.78. The molecule has 1 atom stereocenters. The summed E-state index contributed by atoms with van der Waals surface area (Å²) < 4.78 is 24.8. The van der Waals surface area contributed by atoms with E-state index < -0.39 is 5.82 Å². The summed E-state index contributed by atoms with van der Waals surface area (Å²) in [5.41, 5.74) is 2.18. The zero-order chi connectivity index (χ0) is 21.3. The van der Waals surface area contributed by atoms with Gasteiger partial charge in [-0.05, 0) is 55.3 Å². The predicted molar refractivity (Wildman–Crippen MR) is 113 cm³/mol. The zero-order valence-corrected chi connectivity index (χ0v) is 17.1. The van der Waals surface area contributed by atoms with Crippen LogP contribution in [0.1, 0.15) is 48.0 Å². The van der Waals surface area contributed by atoms with Gasteiger partial charge < -0.3 is 14.8 Å².